The van der Waals surface area contributed by atoms with Crippen molar-refractivity contribution < 1.29 is 9.18 Å². The van der Waals surface area contributed by atoms with Crippen molar-refractivity contribution in [3.63, 3.8) is 0 Å². The van der Waals surface area contributed by atoms with E-state index in [1.165, 1.54) is 16.8 Å². The van der Waals surface area contributed by atoms with Crippen molar-refractivity contribution >= 4 is 5.91 Å². The molecule has 1 N–H and O–H groups in total. The Bertz CT molecular complexity index is 609. The van der Waals surface area contributed by atoms with Crippen LogP contribution in [0.5, 0.6) is 0 Å². The summed E-state index contributed by atoms with van der Waals surface area (Å²) in [6, 6.07) is 5.97. The van der Waals surface area contributed by atoms with Gasteiger partial charge in [0.15, 0.2) is 5.82 Å². The van der Waals surface area contributed by atoms with Crippen LogP contribution in [0, 0.1) is 11.7 Å². The van der Waals surface area contributed by atoms with Crippen molar-refractivity contribution in [2.75, 3.05) is 0 Å². The van der Waals surface area contributed by atoms with Gasteiger partial charge in [0.25, 0.3) is 0 Å². The molecule has 1 amide bonds. The van der Waals surface area contributed by atoms with Crippen molar-refractivity contribution in [3.8, 4) is 5.69 Å². The van der Waals surface area contributed by atoms with Gasteiger partial charge in [0.05, 0.1) is 12.2 Å². The second kappa shape index (κ2) is 6.92. The first-order chi connectivity index (χ1) is 10.2. The second-order valence-electron chi connectivity index (χ2n) is 4.72. The van der Waals surface area contributed by atoms with Crippen molar-refractivity contribution in [3.05, 3.63) is 35.9 Å². The van der Waals surface area contributed by atoms with Gasteiger partial charge in [-0.25, -0.2) is 4.39 Å². The molecule has 0 saturated carbocycles. The Morgan fingerprint density at radius 2 is 2.14 bits per heavy atom. The molecule has 1 aromatic heterocycles. The molecular weight excluding hydrogens is 273 g/mol. The Morgan fingerprint density at radius 1 is 1.38 bits per heavy atom. The van der Waals surface area contributed by atoms with E-state index in [-0.39, 0.29) is 24.2 Å². The number of nitrogens with one attached hydrogen (secondary N) is 1. The molecule has 0 aliphatic carbocycles. The molecule has 1 heterocycles. The molecule has 0 fully saturated rings. The van der Waals surface area contributed by atoms with E-state index in [2.05, 4.69) is 20.8 Å². The molecule has 0 saturated heterocycles. The predicted octanol–water partition coefficient (Wildman–Crippen LogP) is 1.85. The number of nitrogens with zero attached hydrogens (tertiary/aromatic N) is 4. The summed E-state index contributed by atoms with van der Waals surface area (Å²) in [6.07, 6.45) is 1.58. The first-order valence-corrected chi connectivity index (χ1v) is 6.96. The molecule has 2 rings (SSSR count). The summed E-state index contributed by atoms with van der Waals surface area (Å²) in [6.45, 7) is 4.16. The summed E-state index contributed by atoms with van der Waals surface area (Å²) in [5.41, 5.74) is 0.520. The number of amides is 1. The van der Waals surface area contributed by atoms with E-state index < -0.39 is 0 Å². The number of carbonyl (C=O) groups excluding carboxylic acids is 1. The van der Waals surface area contributed by atoms with Crippen LogP contribution in [0.25, 0.3) is 5.69 Å². The Labute approximate surface area is 122 Å². The van der Waals surface area contributed by atoms with E-state index in [1.54, 1.807) is 12.1 Å². The number of hydrogen-bond donors (Lipinski definition) is 1. The third-order valence-corrected chi connectivity index (χ3v) is 3.36. The van der Waals surface area contributed by atoms with Crippen molar-refractivity contribution in [2.24, 2.45) is 5.92 Å². The Kier molecular flexibility index (Phi) is 4.97. The highest BCUT2D eigenvalue weighted by Gasteiger charge is 2.15. The quantitative estimate of drug-likeness (QED) is 0.881. The standard InChI is InChI=1S/C14H18FN5O/c1-3-10(4-2)14(21)16-9-13-17-18-19-20(13)12-7-5-6-11(15)8-12/h5-8,10H,3-4,9H2,1-2H3,(H,16,21). The number of hydrogen-bond acceptors (Lipinski definition) is 4. The topological polar surface area (TPSA) is 72.7 Å². The van der Waals surface area contributed by atoms with Gasteiger partial charge in [0.2, 0.25) is 5.91 Å². The molecule has 21 heavy (non-hydrogen) atoms. The van der Waals surface area contributed by atoms with Crippen LogP contribution in [0.3, 0.4) is 0 Å². The van der Waals surface area contributed by atoms with Crippen LogP contribution in [-0.2, 0) is 11.3 Å². The smallest absolute Gasteiger partial charge is 0.223 e. The minimum Gasteiger partial charge on any atom is -0.348 e. The second-order valence-corrected chi connectivity index (χ2v) is 4.72. The number of rotatable bonds is 6. The van der Waals surface area contributed by atoms with Crippen LogP contribution in [0.2, 0.25) is 0 Å². The summed E-state index contributed by atoms with van der Waals surface area (Å²) in [4.78, 5) is 12.0. The number of benzene rings is 1. The maximum absolute atomic E-state index is 13.3. The van der Waals surface area contributed by atoms with Gasteiger partial charge in [-0.05, 0) is 41.5 Å². The summed E-state index contributed by atoms with van der Waals surface area (Å²) in [7, 11) is 0. The van der Waals surface area contributed by atoms with E-state index in [0.29, 0.717) is 11.5 Å². The van der Waals surface area contributed by atoms with Gasteiger partial charge < -0.3 is 5.32 Å². The van der Waals surface area contributed by atoms with E-state index in [0.717, 1.165) is 12.8 Å². The van der Waals surface area contributed by atoms with Gasteiger partial charge in [-0.1, -0.05) is 19.9 Å². The zero-order valence-corrected chi connectivity index (χ0v) is 12.1. The van der Waals surface area contributed by atoms with Gasteiger partial charge >= 0.3 is 0 Å². The highest BCUT2D eigenvalue weighted by molar-refractivity contribution is 5.78. The largest absolute Gasteiger partial charge is 0.348 e. The molecule has 112 valence electrons. The first-order valence-electron chi connectivity index (χ1n) is 6.96. The zero-order chi connectivity index (χ0) is 15.2. The highest BCUT2D eigenvalue weighted by Crippen LogP contribution is 2.11. The lowest BCUT2D eigenvalue weighted by Gasteiger charge is -2.12. The minimum absolute atomic E-state index is 0.0106. The fraction of sp³-hybridized carbons (Fsp3) is 0.429. The fourth-order valence-corrected chi connectivity index (χ4v) is 2.09. The number of halogens is 1. The van der Waals surface area contributed by atoms with Crippen molar-refractivity contribution in [1.29, 1.82) is 0 Å². The zero-order valence-electron chi connectivity index (χ0n) is 12.1. The van der Waals surface area contributed by atoms with E-state index in [4.69, 9.17) is 0 Å². The molecule has 0 aliphatic heterocycles. The van der Waals surface area contributed by atoms with E-state index >= 15 is 0 Å². The SMILES string of the molecule is CCC(CC)C(=O)NCc1nnnn1-c1cccc(F)c1. The molecule has 2 aromatic rings. The molecule has 7 heteroatoms. The molecule has 0 unspecified atom stereocenters. The maximum atomic E-state index is 13.3. The van der Waals surface area contributed by atoms with E-state index in [1.807, 2.05) is 13.8 Å². The molecule has 0 spiro atoms. The van der Waals surface area contributed by atoms with Gasteiger partial charge in [0.1, 0.15) is 5.82 Å². The molecule has 6 nitrogen and oxygen atoms in total. The van der Waals surface area contributed by atoms with Crippen molar-refractivity contribution in [1.82, 2.24) is 25.5 Å². The third kappa shape index (κ3) is 3.62. The van der Waals surface area contributed by atoms with Crippen LogP contribution >= 0.6 is 0 Å². The average molecular weight is 291 g/mol. The third-order valence-electron chi connectivity index (χ3n) is 3.36. The van der Waals surface area contributed by atoms with E-state index in [9.17, 15) is 9.18 Å². The van der Waals surface area contributed by atoms with Gasteiger partial charge in [-0.2, -0.15) is 4.68 Å². The Balaban J connectivity index is 2.09. The van der Waals surface area contributed by atoms with Gasteiger partial charge in [-0.3, -0.25) is 4.79 Å². The lowest BCUT2D eigenvalue weighted by atomic mass is 10.0. The Hall–Kier alpha value is -2.31. The Morgan fingerprint density at radius 3 is 2.81 bits per heavy atom. The van der Waals surface area contributed by atoms with Crippen LogP contribution in [-0.4, -0.2) is 26.1 Å². The highest BCUT2D eigenvalue weighted by atomic mass is 19.1. The summed E-state index contributed by atoms with van der Waals surface area (Å²) >= 11 is 0. The summed E-state index contributed by atoms with van der Waals surface area (Å²) < 4.78 is 14.7. The minimum atomic E-state index is -0.366. The average Bonchev–Trinajstić information content (AvgIpc) is 2.95. The molecule has 1 aromatic carbocycles. The number of tetrazole rings is 1. The number of carbonyl (C=O) groups is 1. The van der Waals surface area contributed by atoms with Crippen LogP contribution in [0.1, 0.15) is 32.5 Å². The van der Waals surface area contributed by atoms with Crippen molar-refractivity contribution in [2.45, 2.75) is 33.2 Å². The van der Waals surface area contributed by atoms with Gasteiger partial charge in [0, 0.05) is 5.92 Å². The predicted molar refractivity (Wildman–Crippen MR) is 75.0 cm³/mol. The lowest BCUT2D eigenvalue weighted by Crippen LogP contribution is -2.30. The van der Waals surface area contributed by atoms with Gasteiger partial charge in [-0.15, -0.1) is 5.10 Å². The van der Waals surface area contributed by atoms with Crippen LogP contribution < -0.4 is 5.32 Å². The summed E-state index contributed by atoms with van der Waals surface area (Å²) in [5.74, 6) is 0.0622. The van der Waals surface area contributed by atoms with Crippen LogP contribution in [0.15, 0.2) is 24.3 Å². The molecule has 0 atom stereocenters. The first kappa shape index (κ1) is 15.1. The normalized spacial score (nSPS) is 10.9. The maximum Gasteiger partial charge on any atom is 0.223 e. The molecule has 0 radical (unpaired) electrons. The number of aromatic nitrogens is 4. The lowest BCUT2D eigenvalue weighted by molar-refractivity contribution is -0.125. The molecule has 0 aliphatic rings. The monoisotopic (exact) mass is 291 g/mol. The fourth-order valence-electron chi connectivity index (χ4n) is 2.09. The summed E-state index contributed by atoms with van der Waals surface area (Å²) in [5, 5.41) is 14.1. The molecule has 0 bridgehead atoms. The molecular formula is C14H18FN5O. The van der Waals surface area contributed by atoms with Crippen LogP contribution in [0.4, 0.5) is 4.39 Å².